The van der Waals surface area contributed by atoms with Crippen molar-refractivity contribution in [2.24, 2.45) is 5.92 Å². The van der Waals surface area contributed by atoms with Gasteiger partial charge in [0.1, 0.15) is 6.04 Å². The van der Waals surface area contributed by atoms with Gasteiger partial charge in [-0.2, -0.15) is 0 Å². The van der Waals surface area contributed by atoms with Crippen molar-refractivity contribution in [2.45, 2.75) is 39.2 Å². The second-order valence-electron chi connectivity index (χ2n) is 3.50. The predicted octanol–water partition coefficient (Wildman–Crippen LogP) is 1.01. The van der Waals surface area contributed by atoms with Gasteiger partial charge in [-0.05, 0) is 12.3 Å². The molecular formula is C9H17NO3. The summed E-state index contributed by atoms with van der Waals surface area (Å²) in [6.45, 7) is 4.17. The molecule has 4 nitrogen and oxygen atoms in total. The molecule has 4 heteroatoms. The van der Waals surface area contributed by atoms with E-state index >= 15 is 0 Å². The zero-order valence-electron chi connectivity index (χ0n) is 8.12. The first kappa shape index (κ1) is 11.9. The van der Waals surface area contributed by atoms with Crippen LogP contribution in [0.2, 0.25) is 0 Å². The quantitative estimate of drug-likeness (QED) is 0.584. The van der Waals surface area contributed by atoms with Gasteiger partial charge in [-0.1, -0.05) is 26.7 Å². The minimum atomic E-state index is -0.962. The first-order chi connectivity index (χ1) is 6.07. The van der Waals surface area contributed by atoms with Crippen molar-refractivity contribution in [1.82, 2.24) is 5.32 Å². The van der Waals surface area contributed by atoms with Gasteiger partial charge in [0.15, 0.2) is 0 Å². The number of carboxylic acids is 1. The molecule has 0 heterocycles. The number of carbonyl (C=O) groups is 2. The van der Waals surface area contributed by atoms with Gasteiger partial charge in [0, 0.05) is 0 Å². The monoisotopic (exact) mass is 187 g/mol. The summed E-state index contributed by atoms with van der Waals surface area (Å²) < 4.78 is 0. The summed E-state index contributed by atoms with van der Waals surface area (Å²) >= 11 is 0. The zero-order chi connectivity index (χ0) is 10.3. The maximum Gasteiger partial charge on any atom is 0.326 e. The SMILES string of the molecule is CC(C)CCCC(NC=O)C(=O)O. The third-order valence-electron chi connectivity index (χ3n) is 1.84. The van der Waals surface area contributed by atoms with Crippen LogP contribution in [0.15, 0.2) is 0 Å². The number of nitrogens with one attached hydrogen (secondary N) is 1. The molecule has 0 radical (unpaired) electrons. The molecule has 1 amide bonds. The summed E-state index contributed by atoms with van der Waals surface area (Å²) in [5.74, 6) is -0.387. The Morgan fingerprint density at radius 3 is 2.46 bits per heavy atom. The first-order valence-electron chi connectivity index (χ1n) is 4.50. The van der Waals surface area contributed by atoms with Crippen LogP contribution in [0.4, 0.5) is 0 Å². The van der Waals surface area contributed by atoms with Crippen LogP contribution in [0.5, 0.6) is 0 Å². The Balaban J connectivity index is 3.69. The van der Waals surface area contributed by atoms with Gasteiger partial charge in [-0.15, -0.1) is 0 Å². The van der Waals surface area contributed by atoms with Crippen LogP contribution in [0.3, 0.4) is 0 Å². The molecule has 76 valence electrons. The van der Waals surface area contributed by atoms with E-state index in [0.29, 0.717) is 18.7 Å². The molecule has 0 fully saturated rings. The van der Waals surface area contributed by atoms with Gasteiger partial charge >= 0.3 is 5.97 Å². The van der Waals surface area contributed by atoms with Gasteiger partial charge in [0.2, 0.25) is 6.41 Å². The van der Waals surface area contributed by atoms with Crippen LogP contribution in [0.1, 0.15) is 33.1 Å². The van der Waals surface area contributed by atoms with E-state index in [1.165, 1.54) is 0 Å². The molecule has 1 atom stereocenters. The van der Waals surface area contributed by atoms with Crippen LogP contribution in [-0.2, 0) is 9.59 Å². The highest BCUT2D eigenvalue weighted by molar-refractivity contribution is 5.76. The highest BCUT2D eigenvalue weighted by atomic mass is 16.4. The highest BCUT2D eigenvalue weighted by Gasteiger charge is 2.15. The molecule has 0 spiro atoms. The maximum atomic E-state index is 10.5. The molecule has 0 saturated heterocycles. The second-order valence-corrected chi connectivity index (χ2v) is 3.50. The average molecular weight is 187 g/mol. The van der Waals surface area contributed by atoms with E-state index in [1.807, 2.05) is 0 Å². The Morgan fingerprint density at radius 1 is 1.46 bits per heavy atom. The standard InChI is InChI=1S/C9H17NO3/c1-7(2)4-3-5-8(9(12)13)10-6-11/h6-8H,3-5H2,1-2H3,(H,10,11)(H,12,13). The van der Waals surface area contributed by atoms with Gasteiger partial charge in [0.05, 0.1) is 0 Å². The fourth-order valence-corrected chi connectivity index (χ4v) is 1.09. The zero-order valence-corrected chi connectivity index (χ0v) is 8.12. The second kappa shape index (κ2) is 6.46. The van der Waals surface area contributed by atoms with Crippen molar-refractivity contribution in [3.8, 4) is 0 Å². The van der Waals surface area contributed by atoms with Crippen molar-refractivity contribution < 1.29 is 14.7 Å². The summed E-state index contributed by atoms with van der Waals surface area (Å²) in [6, 6.07) is -0.726. The van der Waals surface area contributed by atoms with E-state index in [9.17, 15) is 9.59 Å². The smallest absolute Gasteiger partial charge is 0.326 e. The fraction of sp³-hybridized carbons (Fsp3) is 0.778. The van der Waals surface area contributed by atoms with Crippen LogP contribution in [0, 0.1) is 5.92 Å². The number of aliphatic carboxylic acids is 1. The minimum Gasteiger partial charge on any atom is -0.480 e. The highest BCUT2D eigenvalue weighted by Crippen LogP contribution is 2.08. The molecule has 0 aromatic heterocycles. The molecule has 1 unspecified atom stereocenters. The Bertz CT molecular complexity index is 168. The Kier molecular flexibility index (Phi) is 5.93. The number of rotatable bonds is 7. The van der Waals surface area contributed by atoms with Gasteiger partial charge in [0.25, 0.3) is 0 Å². The molecule has 0 aliphatic carbocycles. The third kappa shape index (κ3) is 6.13. The van der Waals surface area contributed by atoms with Crippen LogP contribution < -0.4 is 5.32 Å². The number of carbonyl (C=O) groups excluding carboxylic acids is 1. The fourth-order valence-electron chi connectivity index (χ4n) is 1.09. The molecule has 0 aliphatic rings. The van der Waals surface area contributed by atoms with Crippen molar-refractivity contribution >= 4 is 12.4 Å². The van der Waals surface area contributed by atoms with Gasteiger partial charge in [-0.25, -0.2) is 4.79 Å². The topological polar surface area (TPSA) is 66.4 Å². The van der Waals surface area contributed by atoms with Crippen molar-refractivity contribution in [1.29, 1.82) is 0 Å². The minimum absolute atomic E-state index is 0.439. The number of carboxylic acid groups (broad SMARTS) is 1. The van der Waals surface area contributed by atoms with Crippen LogP contribution in [0.25, 0.3) is 0 Å². The largest absolute Gasteiger partial charge is 0.480 e. The van der Waals surface area contributed by atoms with Crippen molar-refractivity contribution in [3.63, 3.8) is 0 Å². The Morgan fingerprint density at radius 2 is 2.08 bits per heavy atom. The lowest BCUT2D eigenvalue weighted by molar-refractivity contribution is -0.140. The van der Waals surface area contributed by atoms with E-state index in [1.54, 1.807) is 0 Å². The van der Waals surface area contributed by atoms with E-state index in [2.05, 4.69) is 19.2 Å². The van der Waals surface area contributed by atoms with E-state index < -0.39 is 12.0 Å². The van der Waals surface area contributed by atoms with E-state index in [0.717, 1.165) is 12.8 Å². The maximum absolute atomic E-state index is 10.5. The molecule has 0 rings (SSSR count). The average Bonchev–Trinajstić information content (AvgIpc) is 2.02. The molecule has 0 aliphatic heterocycles. The summed E-state index contributed by atoms with van der Waals surface area (Å²) in [7, 11) is 0. The summed E-state index contributed by atoms with van der Waals surface area (Å²) in [6.07, 6.45) is 2.76. The molecule has 0 aromatic carbocycles. The number of amides is 1. The van der Waals surface area contributed by atoms with Gasteiger partial charge in [-0.3, -0.25) is 4.79 Å². The van der Waals surface area contributed by atoms with Gasteiger partial charge < -0.3 is 10.4 Å². The van der Waals surface area contributed by atoms with E-state index in [4.69, 9.17) is 5.11 Å². The molecule has 0 saturated carbocycles. The Labute approximate surface area is 78.3 Å². The third-order valence-corrected chi connectivity index (χ3v) is 1.84. The van der Waals surface area contributed by atoms with E-state index in [-0.39, 0.29) is 0 Å². The summed E-state index contributed by atoms with van der Waals surface area (Å²) in [5.41, 5.74) is 0. The molecule has 13 heavy (non-hydrogen) atoms. The first-order valence-corrected chi connectivity index (χ1v) is 4.50. The van der Waals surface area contributed by atoms with Crippen molar-refractivity contribution in [3.05, 3.63) is 0 Å². The summed E-state index contributed by atoms with van der Waals surface area (Å²) in [4.78, 5) is 20.6. The summed E-state index contributed by atoms with van der Waals surface area (Å²) in [5, 5.41) is 10.9. The van der Waals surface area contributed by atoms with Crippen LogP contribution >= 0.6 is 0 Å². The lowest BCUT2D eigenvalue weighted by atomic mass is 10.0. The molecular weight excluding hydrogens is 170 g/mol. The lowest BCUT2D eigenvalue weighted by Crippen LogP contribution is -2.35. The number of hydrogen-bond donors (Lipinski definition) is 2. The normalized spacial score (nSPS) is 12.5. The Hall–Kier alpha value is -1.06. The molecule has 0 aromatic rings. The number of hydrogen-bond acceptors (Lipinski definition) is 2. The van der Waals surface area contributed by atoms with Crippen molar-refractivity contribution in [2.75, 3.05) is 0 Å². The lowest BCUT2D eigenvalue weighted by Gasteiger charge is -2.11. The predicted molar refractivity (Wildman–Crippen MR) is 49.3 cm³/mol. The molecule has 0 bridgehead atoms. The molecule has 2 N–H and O–H groups in total. The van der Waals surface area contributed by atoms with Crippen LogP contribution in [-0.4, -0.2) is 23.5 Å².